The summed E-state index contributed by atoms with van der Waals surface area (Å²) in [5.74, 6) is -2.02. The van der Waals surface area contributed by atoms with Gasteiger partial charge in [-0.05, 0) is 24.6 Å². The molecule has 1 N–H and O–H groups in total. The Morgan fingerprint density at radius 3 is 2.48 bits per heavy atom. The Hall–Kier alpha value is -2.17. The second kappa shape index (κ2) is 5.31. The molecule has 110 valence electrons. The van der Waals surface area contributed by atoms with E-state index in [1.165, 1.54) is 24.3 Å². The predicted molar refractivity (Wildman–Crippen MR) is 76.9 cm³/mol. The maximum absolute atomic E-state index is 13.5. The summed E-state index contributed by atoms with van der Waals surface area (Å²) in [6.45, 7) is 3.15. The first-order valence-corrected chi connectivity index (χ1v) is 6.78. The minimum atomic E-state index is -0.867. The molecule has 0 amide bonds. The molecule has 5 heteroatoms. The number of fused-ring (bicyclic) bond motifs is 1. The lowest BCUT2D eigenvalue weighted by Gasteiger charge is -2.37. The van der Waals surface area contributed by atoms with Crippen LogP contribution in [0.1, 0.15) is 12.5 Å². The maximum Gasteiger partial charge on any atom is 0.161 e. The zero-order valence-electron chi connectivity index (χ0n) is 11.5. The maximum atomic E-state index is 13.5. The third kappa shape index (κ3) is 2.68. The van der Waals surface area contributed by atoms with Gasteiger partial charge in [0.25, 0.3) is 0 Å². The van der Waals surface area contributed by atoms with Crippen LogP contribution in [0.5, 0.6) is 0 Å². The van der Waals surface area contributed by atoms with Crippen LogP contribution in [0.4, 0.5) is 24.5 Å². The lowest BCUT2D eigenvalue weighted by atomic mass is 10.1. The van der Waals surface area contributed by atoms with E-state index in [2.05, 4.69) is 5.32 Å². The van der Waals surface area contributed by atoms with Gasteiger partial charge in [-0.3, -0.25) is 0 Å². The largest absolute Gasteiger partial charge is 0.381 e. The van der Waals surface area contributed by atoms with Gasteiger partial charge in [0.2, 0.25) is 0 Å². The molecule has 1 atom stereocenters. The summed E-state index contributed by atoms with van der Waals surface area (Å²) < 4.78 is 39.8. The zero-order valence-corrected chi connectivity index (χ0v) is 11.5. The molecular formula is C16H15F3N2. The zero-order chi connectivity index (χ0) is 15.0. The number of nitrogens with one attached hydrogen (secondary N) is 1. The Labute approximate surface area is 121 Å². The molecule has 2 aromatic rings. The molecular weight excluding hydrogens is 277 g/mol. The summed E-state index contributed by atoms with van der Waals surface area (Å²) in [5, 5.41) is 3.10. The third-order valence-electron chi connectivity index (χ3n) is 3.73. The van der Waals surface area contributed by atoms with Crippen molar-refractivity contribution in [3.05, 3.63) is 59.4 Å². The number of hydrogen-bond acceptors (Lipinski definition) is 2. The number of hydrogen-bond donors (Lipinski definition) is 1. The van der Waals surface area contributed by atoms with E-state index in [1.54, 1.807) is 12.1 Å². The molecule has 0 fully saturated rings. The highest BCUT2D eigenvalue weighted by Crippen LogP contribution is 2.34. The Morgan fingerprint density at radius 2 is 1.76 bits per heavy atom. The summed E-state index contributed by atoms with van der Waals surface area (Å²) in [6, 6.07) is 8.69. The SMILES string of the molecule is CC1CNc2cc(F)c(F)cc2N1Cc1ccc(F)cc1. The van der Waals surface area contributed by atoms with Gasteiger partial charge in [0.05, 0.1) is 11.4 Å². The summed E-state index contributed by atoms with van der Waals surface area (Å²) in [6.07, 6.45) is 0. The first-order valence-electron chi connectivity index (χ1n) is 6.78. The molecule has 1 aliphatic heterocycles. The molecule has 1 heterocycles. The van der Waals surface area contributed by atoms with Crippen LogP contribution in [0, 0.1) is 17.5 Å². The van der Waals surface area contributed by atoms with E-state index in [4.69, 9.17) is 0 Å². The highest BCUT2D eigenvalue weighted by molar-refractivity contribution is 5.73. The van der Waals surface area contributed by atoms with Crippen molar-refractivity contribution in [2.75, 3.05) is 16.8 Å². The van der Waals surface area contributed by atoms with Crippen LogP contribution in [0.2, 0.25) is 0 Å². The minimum absolute atomic E-state index is 0.118. The average molecular weight is 292 g/mol. The molecule has 0 bridgehead atoms. The Morgan fingerprint density at radius 1 is 1.10 bits per heavy atom. The van der Waals surface area contributed by atoms with Crippen LogP contribution in [-0.4, -0.2) is 12.6 Å². The molecule has 0 saturated carbocycles. The second-order valence-corrected chi connectivity index (χ2v) is 5.27. The van der Waals surface area contributed by atoms with Crippen molar-refractivity contribution < 1.29 is 13.2 Å². The third-order valence-corrected chi connectivity index (χ3v) is 3.73. The first-order chi connectivity index (χ1) is 10.0. The molecule has 21 heavy (non-hydrogen) atoms. The van der Waals surface area contributed by atoms with E-state index in [9.17, 15) is 13.2 Å². The first kappa shape index (κ1) is 13.8. The van der Waals surface area contributed by atoms with Crippen molar-refractivity contribution in [1.82, 2.24) is 0 Å². The van der Waals surface area contributed by atoms with Crippen LogP contribution in [0.3, 0.4) is 0 Å². The van der Waals surface area contributed by atoms with Crippen molar-refractivity contribution in [3.63, 3.8) is 0 Å². The number of anilines is 2. The lowest BCUT2D eigenvalue weighted by Crippen LogP contribution is -2.41. The lowest BCUT2D eigenvalue weighted by molar-refractivity contribution is 0.506. The van der Waals surface area contributed by atoms with E-state index < -0.39 is 11.6 Å². The van der Waals surface area contributed by atoms with Gasteiger partial charge in [-0.2, -0.15) is 0 Å². The van der Waals surface area contributed by atoms with Crippen LogP contribution in [0.15, 0.2) is 36.4 Å². The van der Waals surface area contributed by atoms with Gasteiger partial charge in [0, 0.05) is 31.3 Å². The van der Waals surface area contributed by atoms with Crippen molar-refractivity contribution in [3.8, 4) is 0 Å². The molecule has 3 rings (SSSR count). The normalized spacial score (nSPS) is 17.3. The van der Waals surface area contributed by atoms with Crippen molar-refractivity contribution in [2.45, 2.75) is 19.5 Å². The highest BCUT2D eigenvalue weighted by Gasteiger charge is 2.24. The Balaban J connectivity index is 1.95. The fourth-order valence-electron chi connectivity index (χ4n) is 2.55. The van der Waals surface area contributed by atoms with E-state index in [-0.39, 0.29) is 11.9 Å². The van der Waals surface area contributed by atoms with E-state index in [1.807, 2.05) is 11.8 Å². The molecule has 1 unspecified atom stereocenters. The minimum Gasteiger partial charge on any atom is -0.381 e. The van der Waals surface area contributed by atoms with Gasteiger partial charge in [0.1, 0.15) is 5.82 Å². The summed E-state index contributed by atoms with van der Waals surface area (Å²) in [7, 11) is 0. The van der Waals surface area contributed by atoms with Gasteiger partial charge in [-0.1, -0.05) is 12.1 Å². The molecule has 0 aliphatic carbocycles. The fraction of sp³-hybridized carbons (Fsp3) is 0.250. The molecule has 1 aliphatic rings. The van der Waals surface area contributed by atoms with E-state index >= 15 is 0 Å². The van der Waals surface area contributed by atoms with Crippen LogP contribution >= 0.6 is 0 Å². The smallest absolute Gasteiger partial charge is 0.161 e. The number of rotatable bonds is 2. The standard InChI is InChI=1S/C16H15F3N2/c1-10-8-20-15-6-13(18)14(19)7-16(15)21(10)9-11-2-4-12(17)5-3-11/h2-7,10,20H,8-9H2,1H3. The van der Waals surface area contributed by atoms with E-state index in [0.717, 1.165) is 5.56 Å². The Kier molecular flexibility index (Phi) is 3.49. The quantitative estimate of drug-likeness (QED) is 0.902. The van der Waals surface area contributed by atoms with Gasteiger partial charge in [0.15, 0.2) is 11.6 Å². The molecule has 0 saturated heterocycles. The number of halogens is 3. The van der Waals surface area contributed by atoms with Gasteiger partial charge in [-0.25, -0.2) is 13.2 Å². The number of benzene rings is 2. The highest BCUT2D eigenvalue weighted by atomic mass is 19.2. The summed E-state index contributed by atoms with van der Waals surface area (Å²) in [5.41, 5.74) is 2.12. The van der Waals surface area contributed by atoms with Crippen molar-refractivity contribution in [1.29, 1.82) is 0 Å². The molecule has 0 aromatic heterocycles. The topological polar surface area (TPSA) is 15.3 Å². The van der Waals surface area contributed by atoms with Crippen molar-refractivity contribution in [2.24, 2.45) is 0 Å². The van der Waals surface area contributed by atoms with Crippen LogP contribution in [0.25, 0.3) is 0 Å². The van der Waals surface area contributed by atoms with Gasteiger partial charge < -0.3 is 10.2 Å². The molecule has 2 aromatic carbocycles. The molecule has 0 spiro atoms. The number of nitrogens with zero attached hydrogens (tertiary/aromatic N) is 1. The summed E-state index contributed by atoms with van der Waals surface area (Å²) >= 11 is 0. The molecule has 2 nitrogen and oxygen atoms in total. The van der Waals surface area contributed by atoms with E-state index in [0.29, 0.717) is 24.5 Å². The van der Waals surface area contributed by atoms with Crippen molar-refractivity contribution >= 4 is 11.4 Å². The van der Waals surface area contributed by atoms with Gasteiger partial charge >= 0.3 is 0 Å². The fourth-order valence-corrected chi connectivity index (χ4v) is 2.55. The second-order valence-electron chi connectivity index (χ2n) is 5.27. The summed E-state index contributed by atoms with van der Waals surface area (Å²) in [4.78, 5) is 1.99. The predicted octanol–water partition coefficient (Wildman–Crippen LogP) is 3.92. The average Bonchev–Trinajstić information content (AvgIpc) is 2.46. The van der Waals surface area contributed by atoms with Gasteiger partial charge in [-0.15, -0.1) is 0 Å². The molecule has 0 radical (unpaired) electrons. The van der Waals surface area contributed by atoms with Crippen LogP contribution < -0.4 is 10.2 Å². The Bertz CT molecular complexity index is 655. The van der Waals surface area contributed by atoms with Crippen LogP contribution in [-0.2, 0) is 6.54 Å². The monoisotopic (exact) mass is 292 g/mol.